The van der Waals surface area contributed by atoms with Crippen molar-refractivity contribution in [3.05, 3.63) is 188 Å². The lowest BCUT2D eigenvalue weighted by Gasteiger charge is -2.26. The Morgan fingerprint density at radius 1 is 0.320 bits per heavy atom. The van der Waals surface area contributed by atoms with Gasteiger partial charge in [-0.2, -0.15) is 0 Å². The van der Waals surface area contributed by atoms with Crippen molar-refractivity contribution in [1.29, 1.82) is 0 Å². The first-order chi connectivity index (χ1) is 24.8. The van der Waals surface area contributed by atoms with Gasteiger partial charge in [-0.25, -0.2) is 0 Å². The number of furan rings is 1. The molecule has 0 saturated carbocycles. The summed E-state index contributed by atoms with van der Waals surface area (Å²) >= 11 is 0. The molecule has 1 aromatic heterocycles. The van der Waals surface area contributed by atoms with Gasteiger partial charge in [0.05, 0.1) is 0 Å². The second kappa shape index (κ2) is 11.5. The number of fused-ring (bicyclic) bond motifs is 7. The molecule has 10 aromatic rings. The molecule has 0 radical (unpaired) electrons. The third kappa shape index (κ3) is 4.73. The molecule has 0 unspecified atom stereocenters. The second-order valence-corrected chi connectivity index (χ2v) is 13.0. The molecule has 50 heavy (non-hydrogen) atoms. The van der Waals surface area contributed by atoms with E-state index in [1.807, 2.05) is 12.1 Å². The van der Waals surface area contributed by atoms with Gasteiger partial charge < -0.3 is 9.32 Å². The van der Waals surface area contributed by atoms with Crippen LogP contribution in [0.1, 0.15) is 0 Å². The van der Waals surface area contributed by atoms with E-state index in [1.165, 1.54) is 43.8 Å². The van der Waals surface area contributed by atoms with E-state index in [0.29, 0.717) is 0 Å². The SMILES string of the molecule is c1ccc2cc(-c3ccc(N(c4ccc(-c5cccc6ccccc56)cc4)c4ccc5c(ccc6c7ccccc7oc56)c4)cc3)ccc2c1. The minimum absolute atomic E-state index is 0.915. The zero-order chi connectivity index (χ0) is 33.0. The Morgan fingerprint density at radius 3 is 1.74 bits per heavy atom. The Balaban J connectivity index is 1.09. The molecular weight excluding hydrogens is 607 g/mol. The highest BCUT2D eigenvalue weighted by atomic mass is 16.3. The van der Waals surface area contributed by atoms with Crippen LogP contribution in [0.4, 0.5) is 17.1 Å². The van der Waals surface area contributed by atoms with Crippen LogP contribution >= 0.6 is 0 Å². The molecule has 0 aliphatic carbocycles. The fraction of sp³-hybridized carbons (Fsp3) is 0. The summed E-state index contributed by atoms with van der Waals surface area (Å²) < 4.78 is 6.39. The fourth-order valence-corrected chi connectivity index (χ4v) is 7.52. The maximum absolute atomic E-state index is 6.39. The lowest BCUT2D eigenvalue weighted by Crippen LogP contribution is -2.09. The van der Waals surface area contributed by atoms with Crippen molar-refractivity contribution >= 4 is 71.3 Å². The van der Waals surface area contributed by atoms with Crippen LogP contribution in [0.5, 0.6) is 0 Å². The molecule has 0 aliphatic heterocycles. The van der Waals surface area contributed by atoms with Crippen molar-refractivity contribution in [1.82, 2.24) is 0 Å². The molecule has 0 N–H and O–H groups in total. The van der Waals surface area contributed by atoms with Gasteiger partial charge in [0.25, 0.3) is 0 Å². The van der Waals surface area contributed by atoms with E-state index >= 15 is 0 Å². The number of nitrogens with zero attached hydrogens (tertiary/aromatic N) is 1. The zero-order valence-electron chi connectivity index (χ0n) is 27.3. The highest BCUT2D eigenvalue weighted by molar-refractivity contribution is 6.15. The van der Waals surface area contributed by atoms with Crippen LogP contribution in [-0.4, -0.2) is 0 Å². The summed E-state index contributed by atoms with van der Waals surface area (Å²) in [6, 6.07) is 67.6. The first kappa shape index (κ1) is 28.4. The number of anilines is 3. The van der Waals surface area contributed by atoms with Crippen LogP contribution < -0.4 is 4.90 Å². The van der Waals surface area contributed by atoms with Crippen LogP contribution in [0.2, 0.25) is 0 Å². The summed E-state index contributed by atoms with van der Waals surface area (Å²) in [5, 5.41) is 9.55. The summed E-state index contributed by atoms with van der Waals surface area (Å²) in [4.78, 5) is 2.35. The van der Waals surface area contributed by atoms with Gasteiger partial charge in [0, 0.05) is 33.2 Å². The molecule has 0 atom stereocenters. The quantitative estimate of drug-likeness (QED) is 0.187. The van der Waals surface area contributed by atoms with Gasteiger partial charge in [0.15, 0.2) is 0 Å². The molecule has 0 saturated heterocycles. The minimum Gasteiger partial charge on any atom is -0.455 e. The van der Waals surface area contributed by atoms with Gasteiger partial charge in [-0.3, -0.25) is 0 Å². The van der Waals surface area contributed by atoms with Gasteiger partial charge >= 0.3 is 0 Å². The molecule has 0 bridgehead atoms. The topological polar surface area (TPSA) is 16.4 Å². The largest absolute Gasteiger partial charge is 0.455 e. The highest BCUT2D eigenvalue weighted by Crippen LogP contribution is 2.41. The van der Waals surface area contributed by atoms with Crippen molar-refractivity contribution in [3.8, 4) is 22.3 Å². The van der Waals surface area contributed by atoms with E-state index in [2.05, 4.69) is 181 Å². The van der Waals surface area contributed by atoms with Gasteiger partial charge in [-0.05, 0) is 110 Å². The molecule has 9 aromatic carbocycles. The Labute approximate surface area is 290 Å². The lowest BCUT2D eigenvalue weighted by molar-refractivity contribution is 0.672. The molecule has 2 heteroatoms. The minimum atomic E-state index is 0.915. The first-order valence-electron chi connectivity index (χ1n) is 17.1. The van der Waals surface area contributed by atoms with Gasteiger partial charge in [0.2, 0.25) is 0 Å². The number of rotatable bonds is 5. The summed E-state index contributed by atoms with van der Waals surface area (Å²) in [6.45, 7) is 0. The molecule has 0 spiro atoms. The second-order valence-electron chi connectivity index (χ2n) is 13.0. The van der Waals surface area contributed by atoms with Crippen LogP contribution in [0, 0.1) is 0 Å². The Bertz CT molecular complexity index is 2860. The van der Waals surface area contributed by atoms with E-state index in [9.17, 15) is 0 Å². The molecule has 10 rings (SSSR count). The standard InChI is InChI=1S/C48H31NO/c1-2-10-36-30-37(17-16-32(36)8-1)33-18-23-39(24-19-33)49(40-25-20-35(21-26-40)43-14-7-11-34-9-3-4-12-42(34)43)41-27-29-44-38(31-41)22-28-46-45-13-5-6-15-47(45)50-48(44)46/h1-31H. The summed E-state index contributed by atoms with van der Waals surface area (Å²) in [6.07, 6.45) is 0. The van der Waals surface area contributed by atoms with Crippen molar-refractivity contribution in [2.75, 3.05) is 4.90 Å². The Kier molecular flexibility index (Phi) is 6.53. The Morgan fingerprint density at radius 2 is 0.920 bits per heavy atom. The number of benzene rings is 9. The molecule has 0 aliphatic rings. The lowest BCUT2D eigenvalue weighted by atomic mass is 9.98. The molecule has 234 valence electrons. The zero-order valence-corrected chi connectivity index (χ0v) is 27.3. The van der Waals surface area contributed by atoms with Crippen LogP contribution in [0.25, 0.3) is 76.5 Å². The Hall–Kier alpha value is -6.64. The predicted molar refractivity (Wildman–Crippen MR) is 212 cm³/mol. The highest BCUT2D eigenvalue weighted by Gasteiger charge is 2.16. The predicted octanol–water partition coefficient (Wildman–Crippen LogP) is 13.8. The molecule has 1 heterocycles. The van der Waals surface area contributed by atoms with Crippen molar-refractivity contribution in [2.24, 2.45) is 0 Å². The normalized spacial score (nSPS) is 11.6. The van der Waals surface area contributed by atoms with E-state index < -0.39 is 0 Å². The van der Waals surface area contributed by atoms with E-state index in [4.69, 9.17) is 4.42 Å². The molecule has 0 amide bonds. The smallest absolute Gasteiger partial charge is 0.143 e. The van der Waals surface area contributed by atoms with E-state index in [-0.39, 0.29) is 0 Å². The maximum Gasteiger partial charge on any atom is 0.143 e. The molecular formula is C48H31NO. The third-order valence-electron chi connectivity index (χ3n) is 10.0. The van der Waals surface area contributed by atoms with Crippen molar-refractivity contribution < 1.29 is 4.42 Å². The van der Waals surface area contributed by atoms with Crippen LogP contribution in [-0.2, 0) is 0 Å². The fourth-order valence-electron chi connectivity index (χ4n) is 7.52. The average Bonchev–Trinajstić information content (AvgIpc) is 3.57. The van der Waals surface area contributed by atoms with Crippen LogP contribution in [0.3, 0.4) is 0 Å². The third-order valence-corrected chi connectivity index (χ3v) is 10.0. The molecule has 2 nitrogen and oxygen atoms in total. The number of para-hydroxylation sites is 1. The van der Waals surface area contributed by atoms with Gasteiger partial charge in [0.1, 0.15) is 11.2 Å². The molecule has 0 fully saturated rings. The van der Waals surface area contributed by atoms with Gasteiger partial charge in [-0.15, -0.1) is 0 Å². The maximum atomic E-state index is 6.39. The summed E-state index contributed by atoms with van der Waals surface area (Å²) in [5.41, 5.74) is 9.96. The monoisotopic (exact) mass is 637 g/mol. The van der Waals surface area contributed by atoms with E-state index in [0.717, 1.165) is 49.8 Å². The van der Waals surface area contributed by atoms with Crippen LogP contribution in [0.15, 0.2) is 192 Å². The summed E-state index contributed by atoms with van der Waals surface area (Å²) in [5.74, 6) is 0. The van der Waals surface area contributed by atoms with Crippen molar-refractivity contribution in [2.45, 2.75) is 0 Å². The number of hydrogen-bond acceptors (Lipinski definition) is 2. The van der Waals surface area contributed by atoms with E-state index in [1.54, 1.807) is 0 Å². The van der Waals surface area contributed by atoms with Gasteiger partial charge in [-0.1, -0.05) is 127 Å². The number of hydrogen-bond donors (Lipinski definition) is 0. The van der Waals surface area contributed by atoms with Crippen molar-refractivity contribution in [3.63, 3.8) is 0 Å². The average molecular weight is 638 g/mol. The first-order valence-corrected chi connectivity index (χ1v) is 17.1. The summed E-state index contributed by atoms with van der Waals surface area (Å²) in [7, 11) is 0.